The minimum absolute atomic E-state index is 0.520. The van der Waals surface area contributed by atoms with Gasteiger partial charge in [0.05, 0.1) is 16.6 Å². The summed E-state index contributed by atoms with van der Waals surface area (Å²) in [4.78, 5) is 0. The topological polar surface area (TPSA) is 17.1 Å². The van der Waals surface area contributed by atoms with Crippen LogP contribution in [-0.2, 0) is 16.6 Å². The largest absolute Gasteiger partial charge is 0.255 e. The Labute approximate surface area is 163 Å². The highest BCUT2D eigenvalue weighted by Gasteiger charge is 2.05. The molecular weight excluding hydrogens is 404 g/mol. The number of benzene rings is 4. The van der Waals surface area contributed by atoms with Gasteiger partial charge in [0.15, 0.2) is 0 Å². The van der Waals surface area contributed by atoms with Crippen LogP contribution in [-0.4, -0.2) is 4.21 Å². The SMILES string of the molecule is O=S(/C=C/c1c2ccccc2cc2ccccc12)Cc1ccc(Br)cc1. The molecule has 26 heavy (non-hydrogen) atoms. The van der Waals surface area contributed by atoms with Crippen molar-refractivity contribution >= 4 is 54.4 Å². The van der Waals surface area contributed by atoms with E-state index in [0.717, 1.165) is 15.6 Å². The Bertz CT molecular complexity index is 1080. The van der Waals surface area contributed by atoms with E-state index in [9.17, 15) is 4.21 Å². The molecule has 0 fully saturated rings. The zero-order valence-corrected chi connectivity index (χ0v) is 16.5. The van der Waals surface area contributed by atoms with E-state index >= 15 is 0 Å². The van der Waals surface area contributed by atoms with Crippen LogP contribution in [0.1, 0.15) is 11.1 Å². The van der Waals surface area contributed by atoms with E-state index in [2.05, 4.69) is 58.4 Å². The van der Waals surface area contributed by atoms with Crippen LogP contribution in [0.5, 0.6) is 0 Å². The number of halogens is 1. The van der Waals surface area contributed by atoms with E-state index < -0.39 is 10.8 Å². The fourth-order valence-corrected chi connectivity index (χ4v) is 4.33. The molecule has 0 aliphatic heterocycles. The molecule has 0 heterocycles. The monoisotopic (exact) mass is 420 g/mol. The average molecular weight is 421 g/mol. The molecule has 0 aliphatic carbocycles. The molecule has 0 saturated heterocycles. The molecule has 0 aromatic heterocycles. The van der Waals surface area contributed by atoms with Gasteiger partial charge in [-0.15, -0.1) is 0 Å². The van der Waals surface area contributed by atoms with Crippen LogP contribution in [0.3, 0.4) is 0 Å². The summed E-state index contributed by atoms with van der Waals surface area (Å²) >= 11 is 3.43. The summed E-state index contributed by atoms with van der Waals surface area (Å²) in [5.74, 6) is 0.520. The molecule has 3 heteroatoms. The van der Waals surface area contributed by atoms with E-state index in [-0.39, 0.29) is 0 Å². The predicted molar refractivity (Wildman–Crippen MR) is 116 cm³/mol. The molecule has 1 atom stereocenters. The van der Waals surface area contributed by atoms with Crippen molar-refractivity contribution in [3.63, 3.8) is 0 Å². The Kier molecular flexibility index (Phi) is 5.00. The molecule has 4 aromatic rings. The molecule has 0 amide bonds. The van der Waals surface area contributed by atoms with Crippen molar-refractivity contribution < 1.29 is 4.21 Å². The standard InChI is InChI=1S/C23H17BrOS/c24-20-11-9-17(10-12-20)16-26(25)14-13-23-21-7-3-1-5-18(21)15-19-6-2-4-8-22(19)23/h1-15H,16H2/b14-13+. The zero-order valence-electron chi connectivity index (χ0n) is 14.1. The van der Waals surface area contributed by atoms with Gasteiger partial charge in [0.2, 0.25) is 0 Å². The summed E-state index contributed by atoms with van der Waals surface area (Å²) in [5, 5.41) is 6.58. The Morgan fingerprint density at radius 2 is 1.38 bits per heavy atom. The Hall–Kier alpha value is -2.23. The van der Waals surface area contributed by atoms with Crippen molar-refractivity contribution in [3.8, 4) is 0 Å². The van der Waals surface area contributed by atoms with Crippen molar-refractivity contribution in [1.82, 2.24) is 0 Å². The van der Waals surface area contributed by atoms with Crippen molar-refractivity contribution in [2.24, 2.45) is 0 Å². The highest BCUT2D eigenvalue weighted by atomic mass is 79.9. The summed E-state index contributed by atoms with van der Waals surface area (Å²) < 4.78 is 13.6. The van der Waals surface area contributed by atoms with Gasteiger partial charge in [0.1, 0.15) is 0 Å². The lowest BCUT2D eigenvalue weighted by Gasteiger charge is -2.08. The van der Waals surface area contributed by atoms with Crippen LogP contribution in [0.25, 0.3) is 27.6 Å². The average Bonchev–Trinajstić information content (AvgIpc) is 2.67. The van der Waals surface area contributed by atoms with Crippen molar-refractivity contribution in [2.45, 2.75) is 5.75 Å². The van der Waals surface area contributed by atoms with Crippen LogP contribution in [0.4, 0.5) is 0 Å². The highest BCUT2D eigenvalue weighted by Crippen LogP contribution is 2.29. The van der Waals surface area contributed by atoms with Gasteiger partial charge >= 0.3 is 0 Å². The molecule has 1 unspecified atom stereocenters. The van der Waals surface area contributed by atoms with Gasteiger partial charge in [-0.2, -0.15) is 0 Å². The van der Waals surface area contributed by atoms with Crippen molar-refractivity contribution in [2.75, 3.05) is 0 Å². The minimum atomic E-state index is -1.06. The molecule has 1 nitrogen and oxygen atoms in total. The van der Waals surface area contributed by atoms with Crippen molar-refractivity contribution in [1.29, 1.82) is 0 Å². The summed E-state index contributed by atoms with van der Waals surface area (Å²) in [7, 11) is -1.06. The van der Waals surface area contributed by atoms with Crippen LogP contribution >= 0.6 is 15.9 Å². The number of fused-ring (bicyclic) bond motifs is 2. The summed E-state index contributed by atoms with van der Waals surface area (Å²) in [6, 6.07) is 26.9. The molecule has 0 bridgehead atoms. The first kappa shape index (κ1) is 17.2. The smallest absolute Gasteiger partial charge is 0.0526 e. The van der Waals surface area contributed by atoms with Crippen LogP contribution < -0.4 is 0 Å². The van der Waals surface area contributed by atoms with Crippen LogP contribution in [0, 0.1) is 0 Å². The molecule has 4 rings (SSSR count). The summed E-state index contributed by atoms with van der Waals surface area (Å²) in [6.07, 6.45) is 2.01. The molecule has 0 radical (unpaired) electrons. The Balaban J connectivity index is 1.71. The number of hydrogen-bond donors (Lipinski definition) is 0. The lowest BCUT2D eigenvalue weighted by Crippen LogP contribution is -1.91. The van der Waals surface area contributed by atoms with Crippen molar-refractivity contribution in [3.05, 3.63) is 99.9 Å². The van der Waals surface area contributed by atoms with E-state index in [1.54, 1.807) is 0 Å². The van der Waals surface area contributed by atoms with E-state index in [4.69, 9.17) is 0 Å². The minimum Gasteiger partial charge on any atom is -0.255 e. The van der Waals surface area contributed by atoms with Gasteiger partial charge in [-0.3, -0.25) is 4.21 Å². The molecule has 4 aromatic carbocycles. The fourth-order valence-electron chi connectivity index (χ4n) is 3.17. The first-order chi connectivity index (χ1) is 12.7. The first-order valence-electron chi connectivity index (χ1n) is 8.41. The third-order valence-corrected chi connectivity index (χ3v) is 6.01. The molecular formula is C23H17BrOS. The normalized spacial score (nSPS) is 12.8. The third kappa shape index (κ3) is 3.64. The molecule has 0 aliphatic rings. The Morgan fingerprint density at radius 1 is 0.808 bits per heavy atom. The lowest BCUT2D eigenvalue weighted by molar-refractivity contribution is 0.688. The second-order valence-corrected chi connectivity index (χ2v) is 8.42. The molecule has 0 spiro atoms. The van der Waals surface area contributed by atoms with Crippen LogP contribution in [0.15, 0.2) is 88.7 Å². The maximum Gasteiger partial charge on any atom is 0.0526 e. The Morgan fingerprint density at radius 3 is 2.00 bits per heavy atom. The maximum absolute atomic E-state index is 12.6. The number of rotatable bonds is 4. The second kappa shape index (κ2) is 7.56. The summed E-state index contributed by atoms with van der Waals surface area (Å²) in [5.41, 5.74) is 2.20. The van der Waals surface area contributed by atoms with Gasteiger partial charge in [-0.25, -0.2) is 0 Å². The number of hydrogen-bond acceptors (Lipinski definition) is 1. The first-order valence-corrected chi connectivity index (χ1v) is 10.6. The van der Waals surface area contributed by atoms with E-state index in [1.165, 1.54) is 21.5 Å². The lowest BCUT2D eigenvalue weighted by atomic mass is 9.97. The fraction of sp³-hybridized carbons (Fsp3) is 0.0435. The van der Waals surface area contributed by atoms with E-state index in [0.29, 0.717) is 5.75 Å². The third-order valence-electron chi connectivity index (χ3n) is 4.42. The zero-order chi connectivity index (χ0) is 17.9. The van der Waals surface area contributed by atoms with E-state index in [1.807, 2.05) is 47.9 Å². The van der Waals surface area contributed by atoms with Gasteiger partial charge in [0, 0.05) is 9.88 Å². The quantitative estimate of drug-likeness (QED) is 0.336. The maximum atomic E-state index is 12.6. The molecule has 0 saturated carbocycles. The van der Waals surface area contributed by atoms with Gasteiger partial charge in [-0.1, -0.05) is 76.6 Å². The summed E-state index contributed by atoms with van der Waals surface area (Å²) in [6.45, 7) is 0. The van der Waals surface area contributed by atoms with Gasteiger partial charge < -0.3 is 0 Å². The predicted octanol–water partition coefficient (Wildman–Crippen LogP) is 6.68. The second-order valence-electron chi connectivity index (χ2n) is 6.19. The van der Waals surface area contributed by atoms with Gasteiger partial charge in [-0.05, 0) is 56.9 Å². The molecule has 128 valence electrons. The highest BCUT2D eigenvalue weighted by molar-refractivity contribution is 9.10. The van der Waals surface area contributed by atoms with Crippen LogP contribution in [0.2, 0.25) is 0 Å². The molecule has 0 N–H and O–H groups in total. The van der Waals surface area contributed by atoms with Gasteiger partial charge in [0.25, 0.3) is 0 Å².